The molecule has 0 bridgehead atoms. The number of aryl methyl sites for hydroxylation is 1. The van der Waals surface area contributed by atoms with Gasteiger partial charge in [-0.3, -0.25) is 9.59 Å². The molecule has 0 radical (unpaired) electrons. The highest BCUT2D eigenvalue weighted by Crippen LogP contribution is 2.62. The number of nitrogens with one attached hydrogen (secondary N) is 4. The predicted octanol–water partition coefficient (Wildman–Crippen LogP) is 5.97. The van der Waals surface area contributed by atoms with E-state index >= 15 is 0 Å². The van der Waals surface area contributed by atoms with E-state index < -0.39 is 12.1 Å². The average molecular weight is 730 g/mol. The molecule has 3 aliphatic rings. The number of alkyl carbamates (subject to hydrolysis) is 1. The maximum absolute atomic E-state index is 13.5. The minimum atomic E-state index is -0.676. The number of carbonyl (C=O) groups is 3. The molecule has 4 N–H and O–H groups in total. The summed E-state index contributed by atoms with van der Waals surface area (Å²) in [6, 6.07) is 15.9. The normalized spacial score (nSPS) is 22.2. The number of amides is 3. The smallest absolute Gasteiger partial charge is 0.407 e. The van der Waals surface area contributed by atoms with E-state index in [0.717, 1.165) is 76.8 Å². The number of H-pyrrole nitrogens is 2. The van der Waals surface area contributed by atoms with Crippen LogP contribution in [0.2, 0.25) is 0 Å². The van der Waals surface area contributed by atoms with E-state index in [2.05, 4.69) is 79.1 Å². The van der Waals surface area contributed by atoms with Crippen LogP contribution in [-0.4, -0.2) is 72.0 Å². The molecule has 0 spiro atoms. The summed E-state index contributed by atoms with van der Waals surface area (Å²) < 4.78 is 6.68. The Morgan fingerprint density at radius 1 is 0.852 bits per heavy atom. The van der Waals surface area contributed by atoms with Crippen LogP contribution in [0.1, 0.15) is 69.0 Å². The summed E-state index contributed by atoms with van der Waals surface area (Å²) in [5.74, 6) is 3.31. The number of fused-ring (bicyclic) bond motifs is 1. The number of likely N-dealkylation sites (tertiary alicyclic amines) is 1. The van der Waals surface area contributed by atoms with Crippen molar-refractivity contribution in [1.82, 2.24) is 45.0 Å². The number of hydrogen-bond donors (Lipinski definition) is 4. The van der Waals surface area contributed by atoms with Gasteiger partial charge >= 0.3 is 6.09 Å². The molecular weight excluding hydrogens is 683 g/mol. The summed E-state index contributed by atoms with van der Waals surface area (Å²) in [6.07, 6.45) is 10.6. The Morgan fingerprint density at radius 3 is 2.04 bits per heavy atom. The lowest BCUT2D eigenvalue weighted by Gasteiger charge is -2.57. The number of hydrogen-bond acceptors (Lipinski definition) is 7. The minimum Gasteiger partial charge on any atom is -0.453 e. The predicted molar refractivity (Wildman–Crippen MR) is 202 cm³/mol. The lowest BCUT2D eigenvalue weighted by atomic mass is 9.46. The van der Waals surface area contributed by atoms with E-state index in [9.17, 15) is 14.4 Å². The lowest BCUT2D eigenvalue weighted by Crippen LogP contribution is -2.57. The first-order valence-corrected chi connectivity index (χ1v) is 18.9. The van der Waals surface area contributed by atoms with Gasteiger partial charge in [0.15, 0.2) is 0 Å². The molecule has 3 fully saturated rings. The molecule has 54 heavy (non-hydrogen) atoms. The van der Waals surface area contributed by atoms with E-state index in [4.69, 9.17) is 9.72 Å². The second-order valence-corrected chi connectivity index (χ2v) is 15.2. The maximum Gasteiger partial charge on any atom is 0.407 e. The van der Waals surface area contributed by atoms with Gasteiger partial charge in [-0.2, -0.15) is 0 Å². The SMILES string of the molecule is COC(=O)N[C@H](C(=O)N1CCC[C@H]1c1ncc(-c2ccc(-c3ccc(-c4cnc([C@H]5[C@H](C(=O)NCc6nccn6C)C6CC[C@@H]65)[nH]4)cc3)cc2)[nH]1)C(C)C. The van der Waals surface area contributed by atoms with Crippen molar-refractivity contribution in [2.24, 2.45) is 30.7 Å². The first-order chi connectivity index (χ1) is 26.2. The average Bonchev–Trinajstić information content (AvgIpc) is 4.01. The van der Waals surface area contributed by atoms with E-state index in [1.54, 1.807) is 6.20 Å². The van der Waals surface area contributed by atoms with Crippen molar-refractivity contribution in [2.75, 3.05) is 13.7 Å². The van der Waals surface area contributed by atoms with Crippen molar-refractivity contribution in [2.45, 2.75) is 64.1 Å². The van der Waals surface area contributed by atoms with Gasteiger partial charge in [0, 0.05) is 31.9 Å². The van der Waals surface area contributed by atoms with Gasteiger partial charge in [-0.25, -0.2) is 19.7 Å². The molecule has 2 saturated carbocycles. The number of methoxy groups -OCH3 is 1. The van der Waals surface area contributed by atoms with Crippen molar-refractivity contribution in [1.29, 1.82) is 0 Å². The molecule has 3 amide bonds. The highest BCUT2D eigenvalue weighted by Gasteiger charge is 2.59. The van der Waals surface area contributed by atoms with Gasteiger partial charge in [-0.15, -0.1) is 0 Å². The first kappa shape index (κ1) is 35.3. The summed E-state index contributed by atoms with van der Waals surface area (Å²) in [5.41, 5.74) is 6.04. The van der Waals surface area contributed by atoms with E-state index in [-0.39, 0.29) is 35.6 Å². The first-order valence-electron chi connectivity index (χ1n) is 18.9. The molecule has 1 unspecified atom stereocenters. The van der Waals surface area contributed by atoms with Crippen LogP contribution < -0.4 is 10.6 Å². The van der Waals surface area contributed by atoms with E-state index in [0.29, 0.717) is 24.9 Å². The standard InChI is InChI=1S/C41H47N9O4/c1-23(2)36(48-41(53)54-4)40(52)50-18-5-6-32(50)37-43-20-30(46-37)26-11-7-24(8-12-26)25-9-13-27(14-10-25)31-21-44-38(47-31)34-28-15-16-29(28)35(34)39(51)45-22-33-42-17-19-49(33)3/h7-14,17,19-21,23,28-29,32,34-36H,5-6,15-16,18,22H2,1-4H3,(H,43,46)(H,44,47)(H,45,51)(H,48,53)/t28-,29?,32-,34+,35+,36-/m0/s1. The largest absolute Gasteiger partial charge is 0.453 e. The molecule has 4 heterocycles. The fraction of sp³-hybridized carbons (Fsp3) is 0.415. The van der Waals surface area contributed by atoms with Crippen LogP contribution in [0.4, 0.5) is 4.79 Å². The van der Waals surface area contributed by atoms with Gasteiger partial charge in [0.05, 0.1) is 49.4 Å². The van der Waals surface area contributed by atoms with Gasteiger partial charge in [0.1, 0.15) is 23.5 Å². The Balaban J connectivity index is 0.908. The quantitative estimate of drug-likeness (QED) is 0.130. The molecule has 1 saturated heterocycles. The van der Waals surface area contributed by atoms with Gasteiger partial charge in [-0.05, 0) is 65.7 Å². The fourth-order valence-corrected chi connectivity index (χ4v) is 8.59. The number of rotatable bonds is 11. The monoisotopic (exact) mass is 729 g/mol. The number of benzene rings is 2. The number of imidazole rings is 3. The van der Waals surface area contributed by atoms with Crippen LogP contribution in [0.3, 0.4) is 0 Å². The summed E-state index contributed by atoms with van der Waals surface area (Å²) in [4.78, 5) is 61.4. The van der Waals surface area contributed by atoms with Gasteiger partial charge < -0.3 is 34.8 Å². The molecule has 6 atom stereocenters. The summed E-state index contributed by atoms with van der Waals surface area (Å²) in [7, 11) is 3.23. The van der Waals surface area contributed by atoms with Crippen LogP contribution >= 0.6 is 0 Å². The van der Waals surface area contributed by atoms with E-state index in [1.165, 1.54) is 7.11 Å². The van der Waals surface area contributed by atoms with Crippen molar-refractivity contribution in [3.8, 4) is 33.6 Å². The van der Waals surface area contributed by atoms with Gasteiger partial charge in [0.25, 0.3) is 0 Å². The van der Waals surface area contributed by atoms with Crippen LogP contribution in [0.5, 0.6) is 0 Å². The highest BCUT2D eigenvalue weighted by molar-refractivity contribution is 5.86. The Hall–Kier alpha value is -5.72. The van der Waals surface area contributed by atoms with Crippen molar-refractivity contribution >= 4 is 17.9 Å². The van der Waals surface area contributed by atoms with Crippen molar-refractivity contribution in [3.63, 3.8) is 0 Å². The molecule has 3 aromatic heterocycles. The number of nitrogens with zero attached hydrogens (tertiary/aromatic N) is 5. The van der Waals surface area contributed by atoms with Crippen molar-refractivity contribution in [3.05, 3.63) is 90.8 Å². The van der Waals surface area contributed by atoms with Crippen LogP contribution in [0.15, 0.2) is 73.3 Å². The Labute approximate surface area is 314 Å². The molecule has 13 nitrogen and oxygen atoms in total. The number of aromatic amines is 2. The van der Waals surface area contributed by atoms with Crippen LogP contribution in [0.25, 0.3) is 33.6 Å². The number of ether oxygens (including phenoxy) is 1. The molecule has 5 aromatic rings. The summed E-state index contributed by atoms with van der Waals surface area (Å²) in [5, 5.41) is 5.82. The zero-order valence-electron chi connectivity index (χ0n) is 31.1. The van der Waals surface area contributed by atoms with Crippen molar-refractivity contribution < 1.29 is 19.1 Å². The highest BCUT2D eigenvalue weighted by atomic mass is 16.5. The zero-order valence-corrected chi connectivity index (χ0v) is 31.1. The number of aromatic nitrogens is 6. The van der Waals surface area contributed by atoms with Crippen LogP contribution in [-0.2, 0) is 27.9 Å². The maximum atomic E-state index is 13.5. The molecular formula is C41H47N9O4. The summed E-state index contributed by atoms with van der Waals surface area (Å²) in [6.45, 7) is 4.85. The molecule has 8 rings (SSSR count). The molecule has 2 aliphatic carbocycles. The second kappa shape index (κ2) is 14.6. The van der Waals surface area contributed by atoms with Crippen LogP contribution in [0, 0.1) is 23.7 Å². The Morgan fingerprint density at radius 2 is 1.46 bits per heavy atom. The topological polar surface area (TPSA) is 163 Å². The third-order valence-corrected chi connectivity index (χ3v) is 11.8. The molecule has 280 valence electrons. The van der Waals surface area contributed by atoms with Gasteiger partial charge in [0.2, 0.25) is 11.8 Å². The van der Waals surface area contributed by atoms with Gasteiger partial charge in [-0.1, -0.05) is 62.4 Å². The minimum absolute atomic E-state index is 0.0670. The summed E-state index contributed by atoms with van der Waals surface area (Å²) >= 11 is 0. The Kier molecular flexibility index (Phi) is 9.55. The van der Waals surface area contributed by atoms with E-state index in [1.807, 2.05) is 49.0 Å². The molecule has 2 aromatic carbocycles. The lowest BCUT2D eigenvalue weighted by molar-refractivity contribution is -0.145. The Bertz CT molecular complexity index is 2130. The third-order valence-electron chi connectivity index (χ3n) is 11.8. The zero-order chi connectivity index (χ0) is 37.5. The fourth-order valence-electron chi connectivity index (χ4n) is 8.59. The number of carbonyl (C=O) groups excluding carboxylic acids is 3. The molecule has 1 aliphatic heterocycles. The second-order valence-electron chi connectivity index (χ2n) is 15.2. The third kappa shape index (κ3) is 6.56. The molecule has 13 heteroatoms.